The fraction of sp³-hybridized carbons (Fsp3) is 0.333. The van der Waals surface area contributed by atoms with Gasteiger partial charge < -0.3 is 0 Å². The number of thioether (sulfide) groups is 3. The van der Waals surface area contributed by atoms with Gasteiger partial charge in [0, 0.05) is 52.5 Å². The molecule has 0 bridgehead atoms. The third-order valence-electron chi connectivity index (χ3n) is 7.78. The second-order valence-corrected chi connectivity index (χ2v) is 16.5. The summed E-state index contributed by atoms with van der Waals surface area (Å²) in [6.07, 6.45) is 5.89. The van der Waals surface area contributed by atoms with E-state index in [2.05, 4.69) is 96.1 Å². The van der Waals surface area contributed by atoms with E-state index < -0.39 is 0 Å². The zero-order valence-electron chi connectivity index (χ0n) is 26.5. The predicted octanol–water partition coefficient (Wildman–Crippen LogP) is 8.69. The first-order valence-corrected chi connectivity index (χ1v) is 18.1. The van der Waals surface area contributed by atoms with Crippen molar-refractivity contribution in [1.29, 1.82) is 0 Å². The topological polar surface area (TPSA) is 75.8 Å². The van der Waals surface area contributed by atoms with E-state index in [0.717, 1.165) is 82.9 Å². The molecule has 0 fully saturated rings. The molecule has 6 heterocycles. The lowest BCUT2D eigenvalue weighted by Crippen LogP contribution is -2.15. The lowest BCUT2D eigenvalue weighted by molar-refractivity contribution is 0.604. The lowest BCUT2D eigenvalue weighted by Gasteiger charge is -2.12. The molecule has 0 amide bonds. The molecule has 7 rings (SSSR count). The smallest absolute Gasteiger partial charge is 0.117 e. The quantitative estimate of drug-likeness (QED) is 0.208. The SMILES string of the molecule is CC1(C)CSC(c2ccc(-c3cc(-c4ccc(C5=NC(C)(C)CS5)nc4)cc(-c4ccc(C5=NC(C)(C)CS5)nc4)c3)cn2)=N1. The van der Waals surface area contributed by atoms with Crippen LogP contribution in [0.3, 0.4) is 0 Å². The molecule has 0 N–H and O–H groups in total. The molecule has 0 atom stereocenters. The highest BCUT2D eigenvalue weighted by Gasteiger charge is 2.28. The Morgan fingerprint density at radius 3 is 0.911 bits per heavy atom. The summed E-state index contributed by atoms with van der Waals surface area (Å²) in [5, 5.41) is 3.04. The van der Waals surface area contributed by atoms with E-state index in [9.17, 15) is 0 Å². The van der Waals surface area contributed by atoms with Crippen molar-refractivity contribution in [2.24, 2.45) is 15.0 Å². The van der Waals surface area contributed by atoms with Gasteiger partial charge >= 0.3 is 0 Å². The van der Waals surface area contributed by atoms with Crippen LogP contribution in [-0.4, -0.2) is 64.0 Å². The van der Waals surface area contributed by atoms with Crippen molar-refractivity contribution in [3.8, 4) is 33.4 Å². The van der Waals surface area contributed by atoms with Crippen LogP contribution >= 0.6 is 35.3 Å². The van der Waals surface area contributed by atoms with Gasteiger partial charge in [0.25, 0.3) is 0 Å². The van der Waals surface area contributed by atoms with Crippen LogP contribution in [0.4, 0.5) is 0 Å². The molecule has 0 radical (unpaired) electrons. The molecule has 9 heteroatoms. The molecule has 3 aliphatic heterocycles. The van der Waals surface area contributed by atoms with Crippen molar-refractivity contribution in [2.45, 2.75) is 58.2 Å². The average Bonchev–Trinajstić information content (AvgIpc) is 3.71. The van der Waals surface area contributed by atoms with Gasteiger partial charge in [0.1, 0.15) is 15.1 Å². The van der Waals surface area contributed by atoms with Crippen LogP contribution < -0.4 is 0 Å². The minimum absolute atomic E-state index is 0.0464. The molecule has 0 saturated heterocycles. The summed E-state index contributed by atoms with van der Waals surface area (Å²) in [6, 6.07) is 19.4. The summed E-state index contributed by atoms with van der Waals surface area (Å²) < 4.78 is 0. The fourth-order valence-electron chi connectivity index (χ4n) is 5.35. The van der Waals surface area contributed by atoms with Crippen LogP contribution in [0.25, 0.3) is 33.4 Å². The van der Waals surface area contributed by atoms with Crippen LogP contribution in [-0.2, 0) is 0 Å². The first-order chi connectivity index (χ1) is 21.4. The lowest BCUT2D eigenvalue weighted by atomic mass is 9.94. The number of hydrogen-bond acceptors (Lipinski definition) is 9. The molecule has 1 aromatic carbocycles. The molecule has 3 aromatic heterocycles. The molecule has 228 valence electrons. The maximum absolute atomic E-state index is 4.87. The first kappa shape index (κ1) is 30.4. The number of hydrogen-bond donors (Lipinski definition) is 0. The molecule has 45 heavy (non-hydrogen) atoms. The molecule has 0 spiro atoms. The monoisotopic (exact) mass is 648 g/mol. The van der Waals surface area contributed by atoms with Crippen molar-refractivity contribution in [3.63, 3.8) is 0 Å². The van der Waals surface area contributed by atoms with Crippen molar-refractivity contribution < 1.29 is 0 Å². The normalized spacial score (nSPS) is 19.7. The molecule has 6 nitrogen and oxygen atoms in total. The third kappa shape index (κ3) is 6.67. The van der Waals surface area contributed by atoms with E-state index in [4.69, 9.17) is 29.9 Å². The predicted molar refractivity (Wildman–Crippen MR) is 195 cm³/mol. The van der Waals surface area contributed by atoms with E-state index in [1.165, 1.54) is 0 Å². The number of rotatable bonds is 6. The summed E-state index contributed by atoms with van der Waals surface area (Å²) in [6.45, 7) is 13.0. The number of pyridine rings is 3. The number of aromatic nitrogens is 3. The van der Waals surface area contributed by atoms with E-state index in [-0.39, 0.29) is 16.6 Å². The zero-order valence-corrected chi connectivity index (χ0v) is 28.9. The van der Waals surface area contributed by atoms with E-state index in [1.807, 2.05) is 18.6 Å². The summed E-state index contributed by atoms with van der Waals surface area (Å²) in [4.78, 5) is 29.1. The Morgan fingerprint density at radius 2 is 0.711 bits per heavy atom. The Kier molecular flexibility index (Phi) is 7.77. The van der Waals surface area contributed by atoms with Crippen molar-refractivity contribution in [1.82, 2.24) is 15.0 Å². The molecule has 0 unspecified atom stereocenters. The largest absolute Gasteiger partial charge is 0.269 e. The first-order valence-electron chi connectivity index (χ1n) is 15.2. The Morgan fingerprint density at radius 1 is 0.422 bits per heavy atom. The standard InChI is InChI=1S/C36H36N6S3/c1-34(2)19-43-31(40-34)28-10-7-22(16-37-28)25-13-26(23-8-11-29(38-17-23)32-41-35(3,4)20-44-32)15-27(14-25)24-9-12-30(39-18-24)33-42-36(5,6)21-45-33/h7-18H,19-21H2,1-6H3. The van der Waals surface area contributed by atoms with Gasteiger partial charge in [-0.15, -0.1) is 35.3 Å². The fourth-order valence-corrected chi connectivity index (χ4v) is 8.75. The minimum atomic E-state index is -0.0464. The molecule has 3 aliphatic rings. The highest BCUT2D eigenvalue weighted by Crippen LogP contribution is 2.36. The van der Waals surface area contributed by atoms with Gasteiger partial charge in [-0.05, 0) is 94.6 Å². The maximum atomic E-state index is 4.87. The molecule has 4 aromatic rings. The van der Waals surface area contributed by atoms with E-state index >= 15 is 0 Å². The summed E-state index contributed by atoms with van der Waals surface area (Å²) in [5.74, 6) is 2.93. The van der Waals surface area contributed by atoms with Gasteiger partial charge in [0.15, 0.2) is 0 Å². The Balaban J connectivity index is 1.25. The summed E-state index contributed by atoms with van der Waals surface area (Å²) in [7, 11) is 0. The van der Waals surface area contributed by atoms with Gasteiger partial charge in [-0.25, -0.2) is 0 Å². The van der Waals surface area contributed by atoms with Gasteiger partial charge in [-0.2, -0.15) is 0 Å². The van der Waals surface area contributed by atoms with Crippen LogP contribution in [0, 0.1) is 0 Å². The van der Waals surface area contributed by atoms with Crippen LogP contribution in [0.1, 0.15) is 58.6 Å². The molecular formula is C36H36N6S3. The average molecular weight is 649 g/mol. The highest BCUT2D eigenvalue weighted by atomic mass is 32.2. The summed E-state index contributed by atoms with van der Waals surface area (Å²) >= 11 is 5.33. The number of aliphatic imine (C=N–C) groups is 3. The van der Waals surface area contributed by atoms with Gasteiger partial charge in [-0.3, -0.25) is 29.9 Å². The van der Waals surface area contributed by atoms with E-state index in [0.29, 0.717) is 0 Å². The summed E-state index contributed by atoms with van der Waals surface area (Å²) in [5.41, 5.74) is 9.07. The van der Waals surface area contributed by atoms with Crippen molar-refractivity contribution in [2.75, 3.05) is 17.3 Å². The Bertz CT molecular complexity index is 1620. The Labute approximate surface area is 278 Å². The van der Waals surface area contributed by atoms with Crippen LogP contribution in [0.5, 0.6) is 0 Å². The van der Waals surface area contributed by atoms with Crippen molar-refractivity contribution in [3.05, 3.63) is 90.3 Å². The van der Waals surface area contributed by atoms with E-state index in [1.54, 1.807) is 35.3 Å². The second-order valence-electron chi connectivity index (χ2n) is 13.6. The van der Waals surface area contributed by atoms with Gasteiger partial charge in [0.2, 0.25) is 0 Å². The van der Waals surface area contributed by atoms with Gasteiger partial charge in [-0.1, -0.05) is 18.2 Å². The van der Waals surface area contributed by atoms with Crippen molar-refractivity contribution >= 4 is 50.4 Å². The highest BCUT2D eigenvalue weighted by molar-refractivity contribution is 8.15. The molecule has 0 aliphatic carbocycles. The maximum Gasteiger partial charge on any atom is 0.117 e. The number of nitrogens with zero attached hydrogens (tertiary/aromatic N) is 6. The van der Waals surface area contributed by atoms with Crippen LogP contribution in [0.15, 0.2) is 88.2 Å². The zero-order chi connectivity index (χ0) is 31.4. The number of benzene rings is 1. The molecule has 0 saturated carbocycles. The third-order valence-corrected chi connectivity index (χ3v) is 12.1. The Hall–Kier alpha value is -3.27. The second kappa shape index (κ2) is 11.5. The van der Waals surface area contributed by atoms with Gasteiger partial charge in [0.05, 0.1) is 33.7 Å². The minimum Gasteiger partial charge on any atom is -0.269 e. The molecular weight excluding hydrogens is 613 g/mol. The van der Waals surface area contributed by atoms with Crippen LogP contribution in [0.2, 0.25) is 0 Å².